The summed E-state index contributed by atoms with van der Waals surface area (Å²) in [5.41, 5.74) is 5.51. The largest absolute Gasteiger partial charge is 0.366 e. The molecule has 0 bridgehead atoms. The van der Waals surface area contributed by atoms with Crippen molar-refractivity contribution >= 4 is 11.3 Å². The standard InChI is InChI=1S/C8H11NO2S/c9-8-5-10-6(4-11-8)7-2-1-3-12-7/h1-3,6,8H,4-5,9H2. The van der Waals surface area contributed by atoms with Gasteiger partial charge in [0.2, 0.25) is 0 Å². The van der Waals surface area contributed by atoms with Crippen LogP contribution in [0.2, 0.25) is 0 Å². The first-order valence-electron chi connectivity index (χ1n) is 3.88. The van der Waals surface area contributed by atoms with Gasteiger partial charge in [0.15, 0.2) is 0 Å². The van der Waals surface area contributed by atoms with Crippen LogP contribution in [-0.2, 0) is 9.47 Å². The second kappa shape index (κ2) is 3.53. The zero-order chi connectivity index (χ0) is 8.39. The van der Waals surface area contributed by atoms with Gasteiger partial charge >= 0.3 is 0 Å². The molecule has 2 atom stereocenters. The molecule has 0 aliphatic carbocycles. The Hall–Kier alpha value is -0.420. The molecule has 1 aliphatic rings. The molecule has 12 heavy (non-hydrogen) atoms. The van der Waals surface area contributed by atoms with Gasteiger partial charge in [0.25, 0.3) is 0 Å². The fraction of sp³-hybridized carbons (Fsp3) is 0.500. The fourth-order valence-corrected chi connectivity index (χ4v) is 1.92. The molecule has 0 aromatic carbocycles. The molecule has 0 amide bonds. The number of rotatable bonds is 1. The highest BCUT2D eigenvalue weighted by Crippen LogP contribution is 2.25. The first kappa shape index (κ1) is 8.19. The van der Waals surface area contributed by atoms with Crippen molar-refractivity contribution in [2.45, 2.75) is 12.3 Å². The van der Waals surface area contributed by atoms with Gasteiger partial charge in [-0.2, -0.15) is 0 Å². The van der Waals surface area contributed by atoms with Crippen LogP contribution >= 0.6 is 11.3 Å². The van der Waals surface area contributed by atoms with Crippen molar-refractivity contribution in [1.29, 1.82) is 0 Å². The Kier molecular flexibility index (Phi) is 2.41. The number of hydrogen-bond acceptors (Lipinski definition) is 4. The van der Waals surface area contributed by atoms with Gasteiger partial charge in [-0.15, -0.1) is 11.3 Å². The first-order valence-corrected chi connectivity index (χ1v) is 4.76. The molecule has 3 nitrogen and oxygen atoms in total. The first-order chi connectivity index (χ1) is 5.86. The maximum Gasteiger partial charge on any atom is 0.129 e. The van der Waals surface area contributed by atoms with Crippen LogP contribution in [0.3, 0.4) is 0 Å². The van der Waals surface area contributed by atoms with E-state index in [1.54, 1.807) is 11.3 Å². The Morgan fingerprint density at radius 3 is 2.92 bits per heavy atom. The Morgan fingerprint density at radius 1 is 1.42 bits per heavy atom. The third-order valence-electron chi connectivity index (χ3n) is 1.78. The molecule has 1 fully saturated rings. The predicted molar refractivity (Wildman–Crippen MR) is 46.9 cm³/mol. The summed E-state index contributed by atoms with van der Waals surface area (Å²) in [6.45, 7) is 1.06. The quantitative estimate of drug-likeness (QED) is 0.713. The lowest BCUT2D eigenvalue weighted by molar-refractivity contribution is -0.131. The molecule has 2 heterocycles. The summed E-state index contributed by atoms with van der Waals surface area (Å²) in [6.07, 6.45) is -0.161. The molecule has 0 spiro atoms. The van der Waals surface area contributed by atoms with Crippen LogP contribution < -0.4 is 5.73 Å². The van der Waals surface area contributed by atoms with Crippen molar-refractivity contribution in [3.05, 3.63) is 22.4 Å². The summed E-state index contributed by atoms with van der Waals surface area (Å²) in [7, 11) is 0. The average Bonchev–Trinajstić information content (AvgIpc) is 2.58. The van der Waals surface area contributed by atoms with Gasteiger partial charge in [-0.3, -0.25) is 0 Å². The highest BCUT2D eigenvalue weighted by atomic mass is 32.1. The Morgan fingerprint density at radius 2 is 2.33 bits per heavy atom. The van der Waals surface area contributed by atoms with Gasteiger partial charge in [-0.25, -0.2) is 0 Å². The van der Waals surface area contributed by atoms with E-state index >= 15 is 0 Å². The Bertz CT molecular complexity index is 229. The minimum absolute atomic E-state index is 0.0878. The average molecular weight is 185 g/mol. The number of hydrogen-bond donors (Lipinski definition) is 1. The highest BCUT2D eigenvalue weighted by Gasteiger charge is 2.21. The van der Waals surface area contributed by atoms with Gasteiger partial charge in [-0.1, -0.05) is 6.07 Å². The molecule has 2 N–H and O–H groups in total. The molecule has 2 rings (SSSR count). The fourth-order valence-electron chi connectivity index (χ4n) is 1.16. The smallest absolute Gasteiger partial charge is 0.129 e. The number of thiophene rings is 1. The van der Waals surface area contributed by atoms with Crippen LogP contribution in [0.1, 0.15) is 11.0 Å². The molecule has 1 aromatic heterocycles. The Balaban J connectivity index is 1.99. The van der Waals surface area contributed by atoms with Crippen LogP contribution in [0.5, 0.6) is 0 Å². The summed E-state index contributed by atoms with van der Waals surface area (Å²) < 4.78 is 10.8. The number of ether oxygens (including phenoxy) is 2. The van der Waals surface area contributed by atoms with Gasteiger partial charge in [0.05, 0.1) is 13.2 Å². The van der Waals surface area contributed by atoms with E-state index in [0.717, 1.165) is 0 Å². The zero-order valence-electron chi connectivity index (χ0n) is 6.60. The topological polar surface area (TPSA) is 44.5 Å². The van der Waals surface area contributed by atoms with Gasteiger partial charge in [0, 0.05) is 4.88 Å². The van der Waals surface area contributed by atoms with Crippen LogP contribution in [-0.4, -0.2) is 19.4 Å². The lowest BCUT2D eigenvalue weighted by atomic mass is 10.3. The lowest BCUT2D eigenvalue weighted by Crippen LogP contribution is -2.37. The minimum Gasteiger partial charge on any atom is -0.366 e. The third-order valence-corrected chi connectivity index (χ3v) is 2.75. The summed E-state index contributed by atoms with van der Waals surface area (Å²) in [4.78, 5) is 1.21. The van der Waals surface area contributed by atoms with E-state index in [9.17, 15) is 0 Å². The summed E-state index contributed by atoms with van der Waals surface area (Å²) in [6, 6.07) is 4.06. The van der Waals surface area contributed by atoms with E-state index < -0.39 is 0 Å². The number of nitrogens with two attached hydrogens (primary N) is 1. The van der Waals surface area contributed by atoms with E-state index in [1.807, 2.05) is 11.4 Å². The van der Waals surface area contributed by atoms with E-state index in [2.05, 4.69) is 6.07 Å². The normalized spacial score (nSPS) is 30.4. The zero-order valence-corrected chi connectivity index (χ0v) is 7.42. The van der Waals surface area contributed by atoms with E-state index in [1.165, 1.54) is 4.88 Å². The third kappa shape index (κ3) is 1.67. The summed E-state index contributed by atoms with van der Waals surface area (Å²) in [5, 5.41) is 2.03. The Labute approximate surface area is 75.1 Å². The van der Waals surface area contributed by atoms with E-state index in [0.29, 0.717) is 13.2 Å². The molecule has 66 valence electrons. The van der Waals surface area contributed by atoms with E-state index in [4.69, 9.17) is 15.2 Å². The molecule has 1 saturated heterocycles. The molecule has 0 saturated carbocycles. The molecule has 2 unspecified atom stereocenters. The van der Waals surface area contributed by atoms with Crippen molar-refractivity contribution in [3.8, 4) is 0 Å². The van der Waals surface area contributed by atoms with Gasteiger partial charge < -0.3 is 15.2 Å². The summed E-state index contributed by atoms with van der Waals surface area (Å²) in [5.74, 6) is 0. The maximum absolute atomic E-state index is 5.51. The van der Waals surface area contributed by atoms with Crippen LogP contribution in [0, 0.1) is 0 Å². The van der Waals surface area contributed by atoms with E-state index in [-0.39, 0.29) is 12.3 Å². The minimum atomic E-state index is -0.249. The van der Waals surface area contributed by atoms with Gasteiger partial charge in [0.1, 0.15) is 12.3 Å². The van der Waals surface area contributed by atoms with Crippen molar-refractivity contribution in [3.63, 3.8) is 0 Å². The molecule has 0 radical (unpaired) electrons. The van der Waals surface area contributed by atoms with Crippen LogP contribution in [0.25, 0.3) is 0 Å². The maximum atomic E-state index is 5.51. The lowest BCUT2D eigenvalue weighted by Gasteiger charge is -2.26. The predicted octanol–water partition coefficient (Wildman–Crippen LogP) is 1.12. The van der Waals surface area contributed by atoms with Crippen LogP contribution in [0.4, 0.5) is 0 Å². The monoisotopic (exact) mass is 185 g/mol. The van der Waals surface area contributed by atoms with Crippen molar-refractivity contribution in [2.75, 3.05) is 13.2 Å². The van der Waals surface area contributed by atoms with Crippen molar-refractivity contribution in [2.24, 2.45) is 5.73 Å². The highest BCUT2D eigenvalue weighted by molar-refractivity contribution is 7.10. The second-order valence-electron chi connectivity index (χ2n) is 2.71. The molecule has 1 aliphatic heterocycles. The van der Waals surface area contributed by atoms with Crippen molar-refractivity contribution < 1.29 is 9.47 Å². The van der Waals surface area contributed by atoms with Gasteiger partial charge in [-0.05, 0) is 11.4 Å². The molecule has 4 heteroatoms. The van der Waals surface area contributed by atoms with Crippen molar-refractivity contribution in [1.82, 2.24) is 0 Å². The van der Waals surface area contributed by atoms with Crippen LogP contribution in [0.15, 0.2) is 17.5 Å². The second-order valence-corrected chi connectivity index (χ2v) is 3.69. The SMILES string of the molecule is NC1COC(c2cccs2)CO1. The molecule has 1 aromatic rings. The molecular weight excluding hydrogens is 174 g/mol. The molecular formula is C8H11NO2S. The summed E-state index contributed by atoms with van der Waals surface area (Å²) >= 11 is 1.68.